The van der Waals surface area contributed by atoms with Crippen molar-refractivity contribution in [2.75, 3.05) is 0 Å². The molecule has 2 rings (SSSR count). The molecule has 1 aromatic heterocycles. The Kier molecular flexibility index (Phi) is 4.09. The Morgan fingerprint density at radius 1 is 1.19 bits per heavy atom. The molecule has 0 atom stereocenters. The van der Waals surface area contributed by atoms with Gasteiger partial charge in [-0.3, -0.25) is 4.98 Å². The molecule has 0 N–H and O–H groups in total. The summed E-state index contributed by atoms with van der Waals surface area (Å²) in [5, 5.41) is 0.650. The number of aromatic nitrogens is 1. The van der Waals surface area contributed by atoms with Crippen LogP contribution in [0.4, 0.5) is 0 Å². The molecule has 16 heavy (non-hydrogen) atoms. The van der Waals surface area contributed by atoms with Gasteiger partial charge in [-0.25, -0.2) is 8.42 Å². The maximum Gasteiger partial charge on any atom is 1.00 e. The summed E-state index contributed by atoms with van der Waals surface area (Å²) in [4.78, 5) is 3.80. The van der Waals surface area contributed by atoms with Crippen molar-refractivity contribution < 1.29 is 42.5 Å². The number of nitrogens with zero attached hydrogens (tertiary/aromatic N) is 1. The first-order valence-electron chi connectivity index (χ1n) is 4.31. The van der Waals surface area contributed by atoms with E-state index >= 15 is 0 Å². The average molecular weight is 245 g/mol. The summed E-state index contributed by atoms with van der Waals surface area (Å²) < 4.78 is 32.9. The second-order valence-corrected chi connectivity index (χ2v) is 4.58. The van der Waals surface area contributed by atoms with Crippen LogP contribution in [0, 0.1) is 6.92 Å². The molecule has 0 fully saturated rings. The van der Waals surface area contributed by atoms with E-state index in [0.717, 1.165) is 0 Å². The van der Waals surface area contributed by atoms with Crippen molar-refractivity contribution in [3.8, 4) is 0 Å². The summed E-state index contributed by atoms with van der Waals surface area (Å²) in [6.45, 7) is 1.74. The molecular formula is C10H8NNaO3S. The molecule has 0 unspecified atom stereocenters. The fourth-order valence-electron chi connectivity index (χ4n) is 1.42. The SMILES string of the molecule is Cc1ccc2cccc(S(=O)(=O)[O-])c2n1.[Na+]. The van der Waals surface area contributed by atoms with Gasteiger partial charge >= 0.3 is 29.6 Å². The third-order valence-corrected chi connectivity index (χ3v) is 2.96. The van der Waals surface area contributed by atoms with Gasteiger partial charge in [0.2, 0.25) is 0 Å². The molecule has 0 aliphatic heterocycles. The number of pyridine rings is 1. The van der Waals surface area contributed by atoms with Crippen LogP contribution in [0.15, 0.2) is 35.2 Å². The molecule has 78 valence electrons. The molecule has 6 heteroatoms. The first-order valence-corrected chi connectivity index (χ1v) is 5.71. The number of para-hydroxylation sites is 1. The van der Waals surface area contributed by atoms with Crippen molar-refractivity contribution in [3.05, 3.63) is 36.0 Å². The van der Waals surface area contributed by atoms with Crippen LogP contribution in [-0.2, 0) is 10.1 Å². The number of rotatable bonds is 1. The second kappa shape index (κ2) is 4.81. The Morgan fingerprint density at radius 2 is 1.88 bits per heavy atom. The smallest absolute Gasteiger partial charge is 0.744 e. The number of hydrogen-bond donors (Lipinski definition) is 0. The van der Waals surface area contributed by atoms with E-state index in [4.69, 9.17) is 0 Å². The summed E-state index contributed by atoms with van der Waals surface area (Å²) in [5.74, 6) is 0. The van der Waals surface area contributed by atoms with E-state index in [1.807, 2.05) is 0 Å². The third-order valence-electron chi connectivity index (χ3n) is 2.09. The van der Waals surface area contributed by atoms with Crippen LogP contribution in [0.5, 0.6) is 0 Å². The predicted octanol–water partition coefficient (Wildman–Crippen LogP) is -1.55. The van der Waals surface area contributed by atoms with E-state index in [9.17, 15) is 13.0 Å². The topological polar surface area (TPSA) is 70.1 Å². The Morgan fingerprint density at radius 3 is 2.50 bits per heavy atom. The Hall–Kier alpha value is -0.460. The molecule has 0 radical (unpaired) electrons. The number of fused-ring (bicyclic) bond motifs is 1. The molecule has 0 aliphatic carbocycles. The summed E-state index contributed by atoms with van der Waals surface area (Å²) in [6.07, 6.45) is 0. The summed E-state index contributed by atoms with van der Waals surface area (Å²) in [6, 6.07) is 8.04. The molecule has 4 nitrogen and oxygen atoms in total. The zero-order valence-corrected chi connectivity index (χ0v) is 11.8. The maximum absolute atomic E-state index is 11.0. The van der Waals surface area contributed by atoms with Gasteiger partial charge in [-0.2, -0.15) is 0 Å². The summed E-state index contributed by atoms with van der Waals surface area (Å²) in [7, 11) is -4.46. The van der Waals surface area contributed by atoms with Crippen molar-refractivity contribution in [1.29, 1.82) is 0 Å². The van der Waals surface area contributed by atoms with Gasteiger partial charge in [-0.05, 0) is 19.1 Å². The minimum Gasteiger partial charge on any atom is -0.744 e. The van der Waals surface area contributed by atoms with Gasteiger partial charge in [0.05, 0.1) is 10.4 Å². The first kappa shape index (κ1) is 13.6. The van der Waals surface area contributed by atoms with Gasteiger partial charge in [-0.15, -0.1) is 0 Å². The van der Waals surface area contributed by atoms with Crippen LogP contribution in [0.3, 0.4) is 0 Å². The standard InChI is InChI=1S/C10H9NO3S.Na/c1-7-5-6-8-3-2-4-9(10(8)11-7)15(12,13)14;/h2-6H,1H3,(H,12,13,14);/q;+1/p-1. The fourth-order valence-corrected chi connectivity index (χ4v) is 2.06. The molecule has 0 spiro atoms. The summed E-state index contributed by atoms with van der Waals surface area (Å²) >= 11 is 0. The predicted molar refractivity (Wildman–Crippen MR) is 54.4 cm³/mol. The van der Waals surface area contributed by atoms with Crippen molar-refractivity contribution in [2.45, 2.75) is 11.8 Å². The zero-order valence-electron chi connectivity index (χ0n) is 8.97. The van der Waals surface area contributed by atoms with Crippen molar-refractivity contribution in [2.24, 2.45) is 0 Å². The second-order valence-electron chi connectivity index (χ2n) is 3.23. The molecular weight excluding hydrogens is 237 g/mol. The van der Waals surface area contributed by atoms with Crippen molar-refractivity contribution >= 4 is 21.0 Å². The van der Waals surface area contributed by atoms with Crippen LogP contribution < -0.4 is 29.6 Å². The monoisotopic (exact) mass is 245 g/mol. The van der Waals surface area contributed by atoms with Crippen molar-refractivity contribution in [1.82, 2.24) is 4.98 Å². The summed E-state index contributed by atoms with van der Waals surface area (Å²) in [5.41, 5.74) is 0.922. The Labute approximate surface area is 116 Å². The molecule has 2 aromatic rings. The van der Waals surface area contributed by atoms with Crippen molar-refractivity contribution in [3.63, 3.8) is 0 Å². The minimum atomic E-state index is -4.46. The quantitative estimate of drug-likeness (QED) is 0.450. The van der Waals surface area contributed by atoms with Gasteiger partial charge in [0.1, 0.15) is 10.1 Å². The molecule has 0 aliphatic rings. The molecule has 0 amide bonds. The van der Waals surface area contributed by atoms with E-state index in [-0.39, 0.29) is 40.0 Å². The molecule has 0 saturated carbocycles. The molecule has 1 heterocycles. The van der Waals surface area contributed by atoms with Gasteiger partial charge in [-0.1, -0.05) is 18.2 Å². The molecule has 0 saturated heterocycles. The molecule has 1 aromatic carbocycles. The van der Waals surface area contributed by atoms with Gasteiger partial charge < -0.3 is 4.55 Å². The van der Waals surface area contributed by atoms with Crippen LogP contribution in [0.25, 0.3) is 10.9 Å². The van der Waals surface area contributed by atoms with E-state index in [0.29, 0.717) is 11.1 Å². The van der Waals surface area contributed by atoms with Crippen LogP contribution in [0.1, 0.15) is 5.69 Å². The fraction of sp³-hybridized carbons (Fsp3) is 0.100. The minimum absolute atomic E-state index is 0. The van der Waals surface area contributed by atoms with Gasteiger partial charge in [0.15, 0.2) is 0 Å². The van der Waals surface area contributed by atoms with Gasteiger partial charge in [0, 0.05) is 11.1 Å². The number of hydrogen-bond acceptors (Lipinski definition) is 4. The Balaban J connectivity index is 0.00000128. The van der Waals surface area contributed by atoms with Crippen LogP contribution in [0.2, 0.25) is 0 Å². The normalized spacial score (nSPS) is 11.1. The van der Waals surface area contributed by atoms with E-state index in [1.165, 1.54) is 12.1 Å². The van der Waals surface area contributed by atoms with Gasteiger partial charge in [0.25, 0.3) is 0 Å². The zero-order chi connectivity index (χ0) is 11.1. The largest absolute Gasteiger partial charge is 1.00 e. The molecule has 0 bridgehead atoms. The number of aryl methyl sites for hydroxylation is 1. The average Bonchev–Trinajstić information content (AvgIpc) is 2.15. The van der Waals surface area contributed by atoms with Crippen LogP contribution in [-0.4, -0.2) is 18.0 Å². The van der Waals surface area contributed by atoms with E-state index in [2.05, 4.69) is 4.98 Å². The Bertz CT molecular complexity index is 625. The number of benzene rings is 1. The maximum atomic E-state index is 11.0. The van der Waals surface area contributed by atoms with E-state index in [1.54, 1.807) is 25.1 Å². The van der Waals surface area contributed by atoms with Crippen LogP contribution >= 0.6 is 0 Å². The van der Waals surface area contributed by atoms with E-state index < -0.39 is 10.1 Å². The first-order chi connectivity index (χ1) is 6.98. The third kappa shape index (κ3) is 2.61.